The molecule has 0 fully saturated rings. The van der Waals surface area contributed by atoms with Crippen LogP contribution in [0.2, 0.25) is 0 Å². The number of aromatic nitrogens is 1. The highest BCUT2D eigenvalue weighted by Crippen LogP contribution is 2.22. The lowest BCUT2D eigenvalue weighted by Gasteiger charge is -2.09. The van der Waals surface area contributed by atoms with E-state index in [1.54, 1.807) is 24.5 Å². The van der Waals surface area contributed by atoms with E-state index in [1.807, 2.05) is 12.1 Å². The van der Waals surface area contributed by atoms with Gasteiger partial charge in [-0.2, -0.15) is 0 Å². The van der Waals surface area contributed by atoms with E-state index in [0.29, 0.717) is 10.9 Å². The smallest absolute Gasteiger partial charge is 0.337 e. The first-order valence-corrected chi connectivity index (χ1v) is 7.07. The summed E-state index contributed by atoms with van der Waals surface area (Å²) < 4.78 is 0.704. The molecule has 1 amide bonds. The summed E-state index contributed by atoms with van der Waals surface area (Å²) in [5.74, 6) is -1.32. The van der Waals surface area contributed by atoms with Crippen LogP contribution in [-0.2, 0) is 11.2 Å². The number of pyridine rings is 1. The summed E-state index contributed by atoms with van der Waals surface area (Å²) in [6.07, 6.45) is 4.19. The van der Waals surface area contributed by atoms with Gasteiger partial charge in [0.2, 0.25) is 5.91 Å². The van der Waals surface area contributed by atoms with Crippen molar-refractivity contribution < 1.29 is 14.7 Å². The van der Waals surface area contributed by atoms with Gasteiger partial charge < -0.3 is 10.4 Å². The molecule has 21 heavy (non-hydrogen) atoms. The maximum Gasteiger partial charge on any atom is 0.337 e. The number of aryl methyl sites for hydroxylation is 1. The summed E-state index contributed by atoms with van der Waals surface area (Å²) in [4.78, 5) is 27.0. The number of anilines is 1. The molecule has 0 aliphatic rings. The molecule has 0 bridgehead atoms. The average molecular weight is 349 g/mol. The maximum absolute atomic E-state index is 11.9. The van der Waals surface area contributed by atoms with Gasteiger partial charge in [-0.05, 0) is 36.2 Å². The van der Waals surface area contributed by atoms with Crippen LogP contribution in [0.5, 0.6) is 0 Å². The summed E-state index contributed by atoms with van der Waals surface area (Å²) >= 11 is 3.26. The van der Waals surface area contributed by atoms with Gasteiger partial charge in [0.15, 0.2) is 0 Å². The largest absolute Gasteiger partial charge is 0.478 e. The standard InChI is InChI=1S/C15H13BrN2O3/c16-11-4-5-12(15(20)21)13(8-11)18-14(19)6-3-10-2-1-7-17-9-10/h1-2,4-5,7-9H,3,6H2,(H,18,19)(H,20,21). The van der Waals surface area contributed by atoms with Crippen molar-refractivity contribution in [2.45, 2.75) is 12.8 Å². The molecule has 2 N–H and O–H groups in total. The summed E-state index contributed by atoms with van der Waals surface area (Å²) in [7, 11) is 0. The molecule has 0 saturated heterocycles. The summed E-state index contributed by atoms with van der Waals surface area (Å²) in [5.41, 5.74) is 1.31. The average Bonchev–Trinajstić information content (AvgIpc) is 2.46. The van der Waals surface area contributed by atoms with Crippen LogP contribution in [0.25, 0.3) is 0 Å². The number of amides is 1. The van der Waals surface area contributed by atoms with Crippen LogP contribution in [0, 0.1) is 0 Å². The van der Waals surface area contributed by atoms with Crippen LogP contribution in [0.4, 0.5) is 5.69 Å². The van der Waals surface area contributed by atoms with Crippen molar-refractivity contribution in [1.82, 2.24) is 4.98 Å². The van der Waals surface area contributed by atoms with Crippen LogP contribution >= 0.6 is 15.9 Å². The molecule has 0 aliphatic heterocycles. The van der Waals surface area contributed by atoms with Gasteiger partial charge in [0.1, 0.15) is 0 Å². The Kier molecular flexibility index (Phi) is 5.05. The number of aromatic carboxylic acids is 1. The molecular formula is C15H13BrN2O3. The minimum absolute atomic E-state index is 0.0629. The molecule has 0 spiro atoms. The Morgan fingerprint density at radius 3 is 2.76 bits per heavy atom. The third-order valence-corrected chi connectivity index (χ3v) is 3.34. The van der Waals surface area contributed by atoms with Gasteiger partial charge in [-0.25, -0.2) is 4.79 Å². The van der Waals surface area contributed by atoms with E-state index >= 15 is 0 Å². The summed E-state index contributed by atoms with van der Waals surface area (Å²) in [6.45, 7) is 0. The van der Waals surface area contributed by atoms with Gasteiger partial charge >= 0.3 is 5.97 Å². The quantitative estimate of drug-likeness (QED) is 0.869. The van der Waals surface area contributed by atoms with Gasteiger partial charge in [0.05, 0.1) is 11.3 Å². The van der Waals surface area contributed by atoms with E-state index in [0.717, 1.165) is 5.56 Å². The van der Waals surface area contributed by atoms with Crippen molar-refractivity contribution >= 4 is 33.5 Å². The van der Waals surface area contributed by atoms with Crippen molar-refractivity contribution in [3.63, 3.8) is 0 Å². The molecule has 0 atom stereocenters. The number of benzene rings is 1. The van der Waals surface area contributed by atoms with Crippen LogP contribution in [0.15, 0.2) is 47.2 Å². The zero-order valence-corrected chi connectivity index (χ0v) is 12.6. The molecule has 108 valence electrons. The van der Waals surface area contributed by atoms with Gasteiger partial charge in [-0.1, -0.05) is 22.0 Å². The van der Waals surface area contributed by atoms with Gasteiger partial charge in [0.25, 0.3) is 0 Å². The molecule has 1 heterocycles. The second-order valence-corrected chi connectivity index (χ2v) is 5.32. The SMILES string of the molecule is O=C(CCc1cccnc1)Nc1cc(Br)ccc1C(=O)O. The highest BCUT2D eigenvalue weighted by Gasteiger charge is 2.13. The van der Waals surface area contributed by atoms with E-state index < -0.39 is 5.97 Å². The molecular weight excluding hydrogens is 336 g/mol. The molecule has 0 saturated carbocycles. The Balaban J connectivity index is 2.02. The lowest BCUT2D eigenvalue weighted by molar-refractivity contribution is -0.116. The Bertz CT molecular complexity index is 659. The first-order chi connectivity index (χ1) is 10.1. The molecule has 0 unspecified atom stereocenters. The topological polar surface area (TPSA) is 79.3 Å². The number of carbonyl (C=O) groups is 2. The summed E-state index contributed by atoms with van der Waals surface area (Å²) in [6, 6.07) is 8.34. The molecule has 5 nitrogen and oxygen atoms in total. The van der Waals surface area contributed by atoms with Crippen LogP contribution in [-0.4, -0.2) is 22.0 Å². The minimum Gasteiger partial charge on any atom is -0.478 e. The number of carboxylic acid groups (broad SMARTS) is 1. The number of halogens is 1. The van der Waals surface area contributed by atoms with Crippen molar-refractivity contribution in [1.29, 1.82) is 0 Å². The van der Waals surface area contributed by atoms with Crippen LogP contribution < -0.4 is 5.32 Å². The fourth-order valence-electron chi connectivity index (χ4n) is 1.82. The van der Waals surface area contributed by atoms with Crippen molar-refractivity contribution in [2.24, 2.45) is 0 Å². The molecule has 0 radical (unpaired) electrons. The number of hydrogen-bond acceptors (Lipinski definition) is 3. The first kappa shape index (κ1) is 15.2. The monoisotopic (exact) mass is 348 g/mol. The molecule has 6 heteroatoms. The van der Waals surface area contributed by atoms with Crippen molar-refractivity contribution in [2.75, 3.05) is 5.32 Å². The van der Waals surface area contributed by atoms with Gasteiger partial charge in [-0.15, -0.1) is 0 Å². The minimum atomic E-state index is -1.08. The normalized spacial score (nSPS) is 10.1. The Morgan fingerprint density at radius 2 is 2.10 bits per heavy atom. The number of hydrogen-bond donors (Lipinski definition) is 2. The number of carbonyl (C=O) groups excluding carboxylic acids is 1. The van der Waals surface area contributed by atoms with Crippen molar-refractivity contribution in [3.05, 3.63) is 58.3 Å². The van der Waals surface area contributed by atoms with E-state index in [4.69, 9.17) is 5.11 Å². The van der Waals surface area contributed by atoms with Gasteiger partial charge in [0, 0.05) is 23.3 Å². The van der Waals surface area contributed by atoms with Gasteiger partial charge in [-0.3, -0.25) is 9.78 Å². The lowest BCUT2D eigenvalue weighted by Crippen LogP contribution is -2.15. The number of carboxylic acids is 1. The Labute approximate surface area is 130 Å². The first-order valence-electron chi connectivity index (χ1n) is 6.28. The Morgan fingerprint density at radius 1 is 1.29 bits per heavy atom. The molecule has 1 aromatic carbocycles. The molecule has 0 aliphatic carbocycles. The zero-order valence-electron chi connectivity index (χ0n) is 11.0. The fraction of sp³-hybridized carbons (Fsp3) is 0.133. The predicted octanol–water partition coefficient (Wildman–Crippen LogP) is 3.11. The van der Waals surface area contributed by atoms with E-state index in [1.165, 1.54) is 6.07 Å². The maximum atomic E-state index is 11.9. The van der Waals surface area contributed by atoms with E-state index in [9.17, 15) is 9.59 Å². The highest BCUT2D eigenvalue weighted by atomic mass is 79.9. The third kappa shape index (κ3) is 4.39. The van der Waals surface area contributed by atoms with E-state index in [2.05, 4.69) is 26.2 Å². The highest BCUT2D eigenvalue weighted by molar-refractivity contribution is 9.10. The number of nitrogens with one attached hydrogen (secondary N) is 1. The lowest BCUT2D eigenvalue weighted by atomic mass is 10.1. The van der Waals surface area contributed by atoms with E-state index in [-0.39, 0.29) is 23.6 Å². The second kappa shape index (κ2) is 6.99. The molecule has 1 aromatic heterocycles. The fourth-order valence-corrected chi connectivity index (χ4v) is 2.18. The van der Waals surface area contributed by atoms with Crippen LogP contribution in [0.3, 0.4) is 0 Å². The molecule has 2 rings (SSSR count). The second-order valence-electron chi connectivity index (χ2n) is 4.40. The Hall–Kier alpha value is -2.21. The number of rotatable bonds is 5. The van der Waals surface area contributed by atoms with Crippen molar-refractivity contribution in [3.8, 4) is 0 Å². The predicted molar refractivity (Wildman–Crippen MR) is 82.3 cm³/mol. The number of nitrogens with zero attached hydrogens (tertiary/aromatic N) is 1. The van der Waals surface area contributed by atoms with Crippen LogP contribution in [0.1, 0.15) is 22.3 Å². The third-order valence-electron chi connectivity index (χ3n) is 2.85. The summed E-state index contributed by atoms with van der Waals surface area (Å²) in [5, 5.41) is 11.7. The molecule has 2 aromatic rings. The zero-order chi connectivity index (χ0) is 15.2.